The van der Waals surface area contributed by atoms with E-state index in [4.69, 9.17) is 4.98 Å². The highest BCUT2D eigenvalue weighted by molar-refractivity contribution is 5.39. The number of fused-ring (bicyclic) bond motifs is 2. The highest BCUT2D eigenvalue weighted by atomic mass is 15.2. The molecule has 2 N–H and O–H groups in total. The van der Waals surface area contributed by atoms with E-state index in [0.29, 0.717) is 18.1 Å². The van der Waals surface area contributed by atoms with E-state index >= 15 is 0 Å². The Kier molecular flexibility index (Phi) is 7.19. The molecule has 0 saturated heterocycles. The number of likely N-dealkylation sites (N-methyl/N-ethyl adjacent to an activating group) is 1. The summed E-state index contributed by atoms with van der Waals surface area (Å²) in [4.78, 5) is 7.30. The van der Waals surface area contributed by atoms with Crippen LogP contribution in [0.1, 0.15) is 79.6 Å². The van der Waals surface area contributed by atoms with Gasteiger partial charge in [0.2, 0.25) is 0 Å². The molecule has 2 aliphatic rings. The number of aromatic nitrogens is 1. The van der Waals surface area contributed by atoms with Crippen LogP contribution >= 0.6 is 0 Å². The van der Waals surface area contributed by atoms with Gasteiger partial charge in [0.1, 0.15) is 0 Å². The molecule has 4 rings (SSSR count). The first kappa shape index (κ1) is 21.5. The number of pyridine rings is 1. The Morgan fingerprint density at radius 1 is 1.20 bits per heavy atom. The van der Waals surface area contributed by atoms with Gasteiger partial charge in [-0.1, -0.05) is 38.1 Å². The van der Waals surface area contributed by atoms with Crippen molar-refractivity contribution in [2.75, 3.05) is 20.1 Å². The van der Waals surface area contributed by atoms with Gasteiger partial charge < -0.3 is 10.6 Å². The smallest absolute Gasteiger partial charge is 0.0607 e. The Morgan fingerprint density at radius 3 is 2.90 bits per heavy atom. The van der Waals surface area contributed by atoms with Gasteiger partial charge in [0.25, 0.3) is 0 Å². The number of nitrogens with one attached hydrogen (secondary N) is 2. The molecule has 0 fully saturated rings. The summed E-state index contributed by atoms with van der Waals surface area (Å²) in [5.41, 5.74) is 7.32. The summed E-state index contributed by atoms with van der Waals surface area (Å²) in [6, 6.07) is 12.6. The van der Waals surface area contributed by atoms with Crippen molar-refractivity contribution in [3.8, 4) is 0 Å². The molecular weight excluding hydrogens is 368 g/mol. The van der Waals surface area contributed by atoms with Crippen molar-refractivity contribution in [2.24, 2.45) is 0 Å². The predicted octanol–water partition coefficient (Wildman–Crippen LogP) is 4.56. The molecule has 2 heterocycles. The van der Waals surface area contributed by atoms with E-state index in [1.54, 1.807) is 5.56 Å². The van der Waals surface area contributed by atoms with E-state index in [2.05, 4.69) is 66.8 Å². The first-order valence-electron chi connectivity index (χ1n) is 11.9. The number of hydrogen-bond donors (Lipinski definition) is 2. The molecule has 162 valence electrons. The van der Waals surface area contributed by atoms with Crippen molar-refractivity contribution < 1.29 is 0 Å². The van der Waals surface area contributed by atoms with E-state index in [0.717, 1.165) is 32.5 Å². The Bertz CT molecular complexity index is 834. The maximum Gasteiger partial charge on any atom is 0.0607 e. The lowest BCUT2D eigenvalue weighted by molar-refractivity contribution is 0.190. The lowest BCUT2D eigenvalue weighted by Gasteiger charge is -2.37. The first-order valence-corrected chi connectivity index (χ1v) is 11.9. The predicted molar refractivity (Wildman–Crippen MR) is 125 cm³/mol. The Hall–Kier alpha value is -1.75. The molecule has 1 aliphatic carbocycles. The SMILES string of the molecule is CCCNC(CC)c1cccc2c1C[C@H](CN(C)[C@H]1CCCc3cccnc31)NC2. The minimum atomic E-state index is 0.447. The molecule has 3 atom stereocenters. The van der Waals surface area contributed by atoms with Crippen LogP contribution in [0.25, 0.3) is 0 Å². The minimum absolute atomic E-state index is 0.447. The van der Waals surface area contributed by atoms with Gasteiger partial charge in [0, 0.05) is 31.4 Å². The standard InChI is InChI=1S/C26H38N4/c1-4-14-27-24(5-2)22-12-6-10-20-17-29-21(16-23(20)22)18-30(3)25-13-7-9-19-11-8-15-28-26(19)25/h6,8,10-12,15,21,24-25,27,29H,4-5,7,9,13-14,16-18H2,1-3H3/t21-,24?,25+/m1/s1. The molecule has 0 saturated carbocycles. The highest BCUT2D eigenvalue weighted by Gasteiger charge is 2.29. The van der Waals surface area contributed by atoms with Gasteiger partial charge in [0.05, 0.1) is 11.7 Å². The second-order valence-electron chi connectivity index (χ2n) is 9.08. The van der Waals surface area contributed by atoms with Crippen LogP contribution in [0.2, 0.25) is 0 Å². The molecule has 4 heteroatoms. The zero-order valence-electron chi connectivity index (χ0n) is 19.0. The maximum absolute atomic E-state index is 4.76. The zero-order chi connectivity index (χ0) is 20.9. The molecule has 0 amide bonds. The van der Waals surface area contributed by atoms with Crippen LogP contribution in [0, 0.1) is 0 Å². The van der Waals surface area contributed by atoms with Crippen molar-refractivity contribution in [2.45, 2.75) is 77.0 Å². The Balaban J connectivity index is 1.48. The number of rotatable bonds is 8. The first-order chi connectivity index (χ1) is 14.7. The summed E-state index contributed by atoms with van der Waals surface area (Å²) < 4.78 is 0. The summed E-state index contributed by atoms with van der Waals surface area (Å²) in [6.07, 6.45) is 9.04. The molecule has 30 heavy (non-hydrogen) atoms. The third-order valence-electron chi connectivity index (χ3n) is 6.97. The van der Waals surface area contributed by atoms with E-state index in [1.807, 2.05) is 6.20 Å². The molecule has 1 aromatic heterocycles. The lowest BCUT2D eigenvalue weighted by atomic mass is 9.86. The van der Waals surface area contributed by atoms with Crippen molar-refractivity contribution in [3.05, 3.63) is 64.5 Å². The molecule has 0 radical (unpaired) electrons. The van der Waals surface area contributed by atoms with Crippen molar-refractivity contribution in [3.63, 3.8) is 0 Å². The van der Waals surface area contributed by atoms with Gasteiger partial charge in [-0.15, -0.1) is 0 Å². The Labute approximate surface area is 182 Å². The van der Waals surface area contributed by atoms with E-state index in [-0.39, 0.29) is 0 Å². The van der Waals surface area contributed by atoms with Crippen LogP contribution in [-0.4, -0.2) is 36.1 Å². The molecule has 0 spiro atoms. The van der Waals surface area contributed by atoms with Crippen LogP contribution in [-0.2, 0) is 19.4 Å². The average Bonchev–Trinajstić information content (AvgIpc) is 2.79. The molecule has 1 aromatic carbocycles. The number of hydrogen-bond acceptors (Lipinski definition) is 4. The molecule has 4 nitrogen and oxygen atoms in total. The molecule has 2 aromatic rings. The van der Waals surface area contributed by atoms with Gasteiger partial charge in [0.15, 0.2) is 0 Å². The summed E-state index contributed by atoms with van der Waals surface area (Å²) in [5.74, 6) is 0. The van der Waals surface area contributed by atoms with Crippen LogP contribution in [0.3, 0.4) is 0 Å². The second kappa shape index (κ2) is 10.0. The summed E-state index contributed by atoms with van der Waals surface area (Å²) in [6.45, 7) is 7.67. The minimum Gasteiger partial charge on any atom is -0.310 e. The second-order valence-corrected chi connectivity index (χ2v) is 9.08. The molecule has 0 bridgehead atoms. The van der Waals surface area contributed by atoms with Crippen LogP contribution in [0.5, 0.6) is 0 Å². The van der Waals surface area contributed by atoms with E-state index < -0.39 is 0 Å². The van der Waals surface area contributed by atoms with Gasteiger partial charge in [-0.2, -0.15) is 0 Å². The lowest BCUT2D eigenvalue weighted by Crippen LogP contribution is -2.45. The average molecular weight is 407 g/mol. The van der Waals surface area contributed by atoms with Crippen molar-refractivity contribution >= 4 is 0 Å². The van der Waals surface area contributed by atoms with Crippen LogP contribution in [0.4, 0.5) is 0 Å². The van der Waals surface area contributed by atoms with Crippen LogP contribution < -0.4 is 10.6 Å². The Morgan fingerprint density at radius 2 is 2.07 bits per heavy atom. The normalized spacial score (nSPS) is 21.9. The van der Waals surface area contributed by atoms with Gasteiger partial charge in [-0.05, 0) is 80.4 Å². The molecule has 1 aliphatic heterocycles. The fourth-order valence-electron chi connectivity index (χ4n) is 5.38. The third kappa shape index (κ3) is 4.61. The fourth-order valence-corrected chi connectivity index (χ4v) is 5.38. The number of aryl methyl sites for hydroxylation is 1. The molecular formula is C26H38N4. The largest absolute Gasteiger partial charge is 0.310 e. The third-order valence-corrected chi connectivity index (χ3v) is 6.97. The van der Waals surface area contributed by atoms with Gasteiger partial charge in [-0.25, -0.2) is 0 Å². The summed E-state index contributed by atoms with van der Waals surface area (Å²) in [5, 5.41) is 7.58. The summed E-state index contributed by atoms with van der Waals surface area (Å²) >= 11 is 0. The fraction of sp³-hybridized carbons (Fsp3) is 0.577. The van der Waals surface area contributed by atoms with Gasteiger partial charge >= 0.3 is 0 Å². The topological polar surface area (TPSA) is 40.2 Å². The van der Waals surface area contributed by atoms with Crippen molar-refractivity contribution in [1.29, 1.82) is 0 Å². The zero-order valence-corrected chi connectivity index (χ0v) is 19.0. The van der Waals surface area contributed by atoms with Crippen LogP contribution in [0.15, 0.2) is 36.5 Å². The number of benzene rings is 1. The van der Waals surface area contributed by atoms with Crippen molar-refractivity contribution in [1.82, 2.24) is 20.5 Å². The van der Waals surface area contributed by atoms with E-state index in [9.17, 15) is 0 Å². The maximum atomic E-state index is 4.76. The monoisotopic (exact) mass is 406 g/mol. The quantitative estimate of drug-likeness (QED) is 0.674. The van der Waals surface area contributed by atoms with Gasteiger partial charge in [-0.3, -0.25) is 9.88 Å². The summed E-state index contributed by atoms with van der Waals surface area (Å²) in [7, 11) is 2.29. The van der Waals surface area contributed by atoms with E-state index in [1.165, 1.54) is 48.1 Å². The highest BCUT2D eigenvalue weighted by Crippen LogP contribution is 2.33. The molecule has 1 unspecified atom stereocenters. The number of nitrogens with zero attached hydrogens (tertiary/aromatic N) is 2.